The van der Waals surface area contributed by atoms with E-state index in [9.17, 15) is 24.6 Å². The summed E-state index contributed by atoms with van der Waals surface area (Å²) in [5.74, 6) is -3.69. The minimum absolute atomic E-state index is 0.00564. The molecular formula is C28H28N2O5. The van der Waals surface area contributed by atoms with E-state index in [2.05, 4.69) is 5.32 Å². The van der Waals surface area contributed by atoms with Crippen LogP contribution in [0.25, 0.3) is 10.8 Å². The lowest BCUT2D eigenvalue weighted by atomic mass is 9.76. The fourth-order valence-corrected chi connectivity index (χ4v) is 5.76. The number of hydrogen-bond acceptors (Lipinski definition) is 5. The van der Waals surface area contributed by atoms with E-state index >= 15 is 0 Å². The van der Waals surface area contributed by atoms with Gasteiger partial charge in [-0.2, -0.15) is 0 Å². The number of benzene rings is 3. The highest BCUT2D eigenvalue weighted by molar-refractivity contribution is 6.09. The van der Waals surface area contributed by atoms with Crippen LogP contribution in [0, 0.1) is 11.8 Å². The van der Waals surface area contributed by atoms with Crippen molar-refractivity contribution in [3.63, 3.8) is 0 Å². The van der Waals surface area contributed by atoms with Gasteiger partial charge in [-0.15, -0.1) is 0 Å². The molecule has 3 aromatic rings. The van der Waals surface area contributed by atoms with Gasteiger partial charge in [0.1, 0.15) is 11.3 Å². The molecule has 0 bridgehead atoms. The molecule has 3 aromatic carbocycles. The molecule has 7 nitrogen and oxygen atoms in total. The number of unbranched alkanes of at least 4 members (excludes halogenated alkanes) is 1. The van der Waals surface area contributed by atoms with Crippen LogP contribution in [-0.2, 0) is 20.8 Å². The van der Waals surface area contributed by atoms with Crippen LogP contribution in [0.5, 0.6) is 5.75 Å². The third-order valence-corrected chi connectivity index (χ3v) is 7.44. The van der Waals surface area contributed by atoms with Gasteiger partial charge < -0.3 is 10.2 Å². The first-order valence-corrected chi connectivity index (χ1v) is 12.0. The highest BCUT2D eigenvalue weighted by atomic mass is 16.4. The molecule has 0 aromatic heterocycles. The van der Waals surface area contributed by atoms with E-state index in [1.54, 1.807) is 12.1 Å². The Hall–Kier alpha value is -3.71. The molecule has 180 valence electrons. The fourth-order valence-electron chi connectivity index (χ4n) is 5.76. The van der Waals surface area contributed by atoms with Gasteiger partial charge in [0.2, 0.25) is 11.8 Å². The Bertz CT molecular complexity index is 1300. The zero-order chi connectivity index (χ0) is 24.7. The average molecular weight is 473 g/mol. The zero-order valence-corrected chi connectivity index (χ0v) is 19.5. The number of imide groups is 1. The van der Waals surface area contributed by atoms with Gasteiger partial charge in [-0.05, 0) is 40.5 Å². The second kappa shape index (κ2) is 8.82. The summed E-state index contributed by atoms with van der Waals surface area (Å²) in [7, 11) is 0. The number of carboxylic acid groups (broad SMARTS) is 1. The van der Waals surface area contributed by atoms with E-state index in [-0.39, 0.29) is 18.1 Å². The summed E-state index contributed by atoms with van der Waals surface area (Å²) in [6.07, 6.45) is 1.49. The number of carbonyl (C=O) groups excluding carboxylic acids is 2. The molecule has 7 heteroatoms. The monoisotopic (exact) mass is 472 g/mol. The van der Waals surface area contributed by atoms with E-state index in [1.807, 2.05) is 49.4 Å². The molecule has 0 aliphatic carbocycles. The number of carboxylic acids is 1. The maximum atomic E-state index is 13.7. The van der Waals surface area contributed by atoms with Crippen LogP contribution >= 0.6 is 0 Å². The van der Waals surface area contributed by atoms with Crippen LogP contribution in [-0.4, -0.2) is 45.0 Å². The van der Waals surface area contributed by atoms with Gasteiger partial charge in [0.25, 0.3) is 0 Å². The molecule has 5 rings (SSSR count). The van der Waals surface area contributed by atoms with Crippen molar-refractivity contribution in [2.75, 3.05) is 6.54 Å². The molecule has 4 atom stereocenters. The maximum absolute atomic E-state index is 13.7. The number of carbonyl (C=O) groups is 3. The van der Waals surface area contributed by atoms with Crippen molar-refractivity contribution in [2.24, 2.45) is 11.8 Å². The molecule has 2 saturated heterocycles. The van der Waals surface area contributed by atoms with Crippen molar-refractivity contribution in [3.05, 3.63) is 77.9 Å². The molecule has 2 fully saturated rings. The summed E-state index contributed by atoms with van der Waals surface area (Å²) in [4.78, 5) is 41.6. The first-order chi connectivity index (χ1) is 16.9. The third-order valence-electron chi connectivity index (χ3n) is 7.44. The van der Waals surface area contributed by atoms with Crippen LogP contribution in [0.4, 0.5) is 0 Å². The Morgan fingerprint density at radius 2 is 1.71 bits per heavy atom. The van der Waals surface area contributed by atoms with E-state index in [4.69, 9.17) is 0 Å². The van der Waals surface area contributed by atoms with E-state index in [0.29, 0.717) is 18.5 Å². The number of nitrogens with one attached hydrogen (secondary N) is 1. The lowest BCUT2D eigenvalue weighted by Crippen LogP contribution is -2.57. The maximum Gasteiger partial charge on any atom is 0.325 e. The molecule has 0 radical (unpaired) electrons. The number of phenolic OH excluding ortho intramolecular Hbond substituents is 1. The predicted octanol–water partition coefficient (Wildman–Crippen LogP) is 3.66. The molecule has 4 unspecified atom stereocenters. The van der Waals surface area contributed by atoms with Crippen LogP contribution in [0.1, 0.15) is 36.9 Å². The molecule has 0 spiro atoms. The highest BCUT2D eigenvalue weighted by Gasteiger charge is 2.68. The van der Waals surface area contributed by atoms with Gasteiger partial charge in [-0.1, -0.05) is 67.9 Å². The normalized spacial score (nSPS) is 25.9. The highest BCUT2D eigenvalue weighted by Crippen LogP contribution is 2.51. The number of phenols is 1. The smallest absolute Gasteiger partial charge is 0.325 e. The molecule has 2 heterocycles. The summed E-state index contributed by atoms with van der Waals surface area (Å²) in [6.45, 7) is 2.27. The van der Waals surface area contributed by atoms with Crippen molar-refractivity contribution >= 4 is 28.6 Å². The number of fused-ring (bicyclic) bond motifs is 2. The molecule has 35 heavy (non-hydrogen) atoms. The number of rotatable bonds is 7. The van der Waals surface area contributed by atoms with Crippen molar-refractivity contribution < 1.29 is 24.6 Å². The second-order valence-corrected chi connectivity index (χ2v) is 9.50. The van der Waals surface area contributed by atoms with Crippen molar-refractivity contribution in [3.8, 4) is 5.75 Å². The molecule has 2 aliphatic rings. The largest absolute Gasteiger partial charge is 0.508 e. The van der Waals surface area contributed by atoms with Crippen LogP contribution in [0.2, 0.25) is 0 Å². The van der Waals surface area contributed by atoms with E-state index in [1.165, 1.54) is 17.0 Å². The number of likely N-dealkylation sites (tertiary alicyclic amines) is 1. The van der Waals surface area contributed by atoms with Gasteiger partial charge in [-0.25, -0.2) is 0 Å². The van der Waals surface area contributed by atoms with Crippen LogP contribution in [0.3, 0.4) is 0 Å². The quantitative estimate of drug-likeness (QED) is 0.453. The molecule has 0 saturated carbocycles. The van der Waals surface area contributed by atoms with Gasteiger partial charge in [-0.3, -0.25) is 24.6 Å². The standard InChI is InChI=1S/C28H28N2O5/c1-2-3-15-30-25(32)22-23(26(30)33)28(27(34)35,16-17-11-13-19(31)14-12-17)29-24(22)21-10-6-8-18-7-4-5-9-20(18)21/h4-14,22-24,29,31H,2-3,15-16H2,1H3,(H,34,35). The molecule has 2 amide bonds. The average Bonchev–Trinajstić information content (AvgIpc) is 3.33. The van der Waals surface area contributed by atoms with Gasteiger partial charge in [0, 0.05) is 19.0 Å². The summed E-state index contributed by atoms with van der Waals surface area (Å²) >= 11 is 0. The molecule has 3 N–H and O–H groups in total. The van der Waals surface area contributed by atoms with Crippen LogP contribution < -0.4 is 5.32 Å². The Morgan fingerprint density at radius 3 is 2.43 bits per heavy atom. The fraction of sp³-hybridized carbons (Fsp3) is 0.321. The minimum atomic E-state index is -1.67. The zero-order valence-electron chi connectivity index (χ0n) is 19.5. The lowest BCUT2D eigenvalue weighted by Gasteiger charge is -2.31. The van der Waals surface area contributed by atoms with Crippen molar-refractivity contribution in [1.29, 1.82) is 0 Å². The molecule has 2 aliphatic heterocycles. The Balaban J connectivity index is 1.66. The van der Waals surface area contributed by atoms with Crippen LogP contribution in [0.15, 0.2) is 66.7 Å². The minimum Gasteiger partial charge on any atom is -0.508 e. The Kier molecular flexibility index (Phi) is 5.81. The number of aliphatic carboxylic acids is 1. The summed E-state index contributed by atoms with van der Waals surface area (Å²) in [5, 5.41) is 25.5. The summed E-state index contributed by atoms with van der Waals surface area (Å²) < 4.78 is 0. The number of hydrogen-bond donors (Lipinski definition) is 3. The first-order valence-electron chi connectivity index (χ1n) is 12.0. The summed E-state index contributed by atoms with van der Waals surface area (Å²) in [5.41, 5.74) is -0.204. The Labute approximate surface area is 203 Å². The van der Waals surface area contributed by atoms with Gasteiger partial charge in [0.05, 0.1) is 11.8 Å². The predicted molar refractivity (Wildman–Crippen MR) is 131 cm³/mol. The molecular weight excluding hydrogens is 444 g/mol. The van der Waals surface area contributed by atoms with E-state index in [0.717, 1.165) is 22.8 Å². The summed E-state index contributed by atoms with van der Waals surface area (Å²) in [6, 6.07) is 19.2. The van der Waals surface area contributed by atoms with Gasteiger partial charge >= 0.3 is 5.97 Å². The third kappa shape index (κ3) is 3.67. The number of amides is 2. The Morgan fingerprint density at radius 1 is 1.00 bits per heavy atom. The van der Waals surface area contributed by atoms with Gasteiger partial charge in [0.15, 0.2) is 0 Å². The number of nitrogens with zero attached hydrogens (tertiary/aromatic N) is 1. The van der Waals surface area contributed by atoms with Crippen molar-refractivity contribution in [2.45, 2.75) is 37.8 Å². The second-order valence-electron chi connectivity index (χ2n) is 9.50. The number of aromatic hydroxyl groups is 1. The SMILES string of the molecule is CCCCN1C(=O)C2C(c3cccc4ccccc34)NC(Cc3ccc(O)cc3)(C(=O)O)C2C1=O. The lowest BCUT2D eigenvalue weighted by molar-refractivity contribution is -0.151. The van der Waals surface area contributed by atoms with E-state index < -0.39 is 35.3 Å². The topological polar surface area (TPSA) is 107 Å². The van der Waals surface area contributed by atoms with Crippen molar-refractivity contribution in [1.82, 2.24) is 10.2 Å². The first kappa shape index (κ1) is 23.1.